The van der Waals surface area contributed by atoms with Gasteiger partial charge >= 0.3 is 11.9 Å². The van der Waals surface area contributed by atoms with Crippen molar-refractivity contribution in [2.45, 2.75) is 75.3 Å². The van der Waals surface area contributed by atoms with Gasteiger partial charge in [-0.2, -0.15) is 0 Å². The monoisotopic (exact) mass is 724 g/mol. The molecular weight excluding hydrogens is 688 g/mol. The second-order valence-electron chi connectivity index (χ2n) is 11.6. The highest BCUT2D eigenvalue weighted by molar-refractivity contribution is 5.88. The number of phenolic OH excluding ortho intramolecular Hbond substituents is 3. The Kier molecular flexibility index (Phi) is 11.2. The summed E-state index contributed by atoms with van der Waals surface area (Å²) in [6.45, 7) is 0.632. The molecule has 0 unspecified atom stereocenters. The molecule has 0 aliphatic carbocycles. The molecule has 19 heteroatoms. The van der Waals surface area contributed by atoms with E-state index in [1.807, 2.05) is 0 Å². The predicted molar refractivity (Wildman–Crippen MR) is 166 cm³/mol. The zero-order valence-corrected chi connectivity index (χ0v) is 27.1. The molecule has 2 aliphatic rings. The molecule has 3 heterocycles. The fraction of sp³-hybridized carbons (Fsp3) is 0.469. The number of carbonyl (C=O) groups is 2. The van der Waals surface area contributed by atoms with Gasteiger partial charge in [-0.3, -0.25) is 14.4 Å². The maximum Gasteiger partial charge on any atom is 0.303 e. The van der Waals surface area contributed by atoms with E-state index in [1.54, 1.807) is 0 Å². The Morgan fingerprint density at radius 3 is 2.18 bits per heavy atom. The zero-order chi connectivity index (χ0) is 37.3. The van der Waals surface area contributed by atoms with Crippen molar-refractivity contribution in [3.8, 4) is 40.1 Å². The Labute approximate surface area is 287 Å². The predicted octanol–water partition coefficient (Wildman–Crippen LogP) is -1.27. The fourth-order valence-corrected chi connectivity index (χ4v) is 5.66. The van der Waals surface area contributed by atoms with Gasteiger partial charge in [-0.15, -0.1) is 0 Å². The van der Waals surface area contributed by atoms with Gasteiger partial charge in [-0.1, -0.05) is 0 Å². The van der Waals surface area contributed by atoms with Crippen molar-refractivity contribution >= 4 is 22.9 Å². The molecule has 0 radical (unpaired) electrons. The Balaban J connectivity index is 1.52. The van der Waals surface area contributed by atoms with Gasteiger partial charge in [0, 0.05) is 31.5 Å². The van der Waals surface area contributed by atoms with Gasteiger partial charge in [0.25, 0.3) is 0 Å². The highest BCUT2D eigenvalue weighted by Crippen LogP contribution is 2.40. The number of esters is 2. The number of aliphatic hydroxyl groups is 5. The third-order valence-electron chi connectivity index (χ3n) is 8.10. The standard InChI is InChI=1S/C32H36O19/c1-11(34)45-10-20-28(46-12(2)35)24(41)25(42)31(49-20)50-29-22(39)19(9-33)48-32(26(29)43)51-30-23(40)21-16(38)7-14(36)8-18(21)47-27(30)13-4-5-15(37)17(6-13)44-3/h4-8,19-20,22,24-26,28-29,31-33,36-39,41-43H,9-10H2,1-3H3/t19-,20-,22+,24-,25-,26-,28-,29+,31+,32+/m1/s1. The maximum atomic E-state index is 13.9. The lowest BCUT2D eigenvalue weighted by molar-refractivity contribution is -0.353. The number of phenols is 3. The van der Waals surface area contributed by atoms with Crippen LogP contribution in [-0.2, 0) is 33.3 Å². The van der Waals surface area contributed by atoms with Crippen LogP contribution in [0.25, 0.3) is 22.3 Å². The first kappa shape index (κ1) is 37.5. The number of aliphatic hydroxyl groups excluding tert-OH is 5. The van der Waals surface area contributed by atoms with E-state index < -0.39 is 115 Å². The molecule has 0 saturated carbocycles. The summed E-state index contributed by atoms with van der Waals surface area (Å²) in [5.74, 6) is -4.17. The quantitative estimate of drug-likeness (QED) is 0.113. The number of methoxy groups -OCH3 is 1. The van der Waals surface area contributed by atoms with Crippen molar-refractivity contribution in [2.24, 2.45) is 0 Å². The first-order valence-electron chi connectivity index (χ1n) is 15.3. The number of carbonyl (C=O) groups excluding carboxylic acids is 2. The molecule has 2 aliphatic heterocycles. The second kappa shape index (κ2) is 15.3. The van der Waals surface area contributed by atoms with E-state index in [1.165, 1.54) is 25.3 Å². The number of rotatable bonds is 10. The van der Waals surface area contributed by atoms with Crippen molar-refractivity contribution < 1.29 is 88.0 Å². The summed E-state index contributed by atoms with van der Waals surface area (Å²) in [6.07, 6.45) is -18.0. The third-order valence-corrected chi connectivity index (χ3v) is 8.10. The van der Waals surface area contributed by atoms with E-state index in [2.05, 4.69) is 0 Å². The number of ether oxygens (including phenoxy) is 7. The van der Waals surface area contributed by atoms with Crippen LogP contribution in [0.3, 0.4) is 0 Å². The SMILES string of the molecule is COc1cc(-c2oc3cc(O)cc(O)c3c(=O)c2O[C@@H]2O[C@H](CO)[C@H](O)[C@H](O[C@@H]3O[C@H](COC(C)=O)[C@@H](OC(C)=O)[C@H](O)[C@H]3O)[C@H]2O)ccc1O. The molecular formula is C32H36O19. The maximum absolute atomic E-state index is 13.9. The van der Waals surface area contributed by atoms with Crippen molar-refractivity contribution in [3.63, 3.8) is 0 Å². The summed E-state index contributed by atoms with van der Waals surface area (Å²) < 4.78 is 43.8. The van der Waals surface area contributed by atoms with E-state index in [0.29, 0.717) is 0 Å². The Hall–Kier alpha value is -4.73. The first-order valence-corrected chi connectivity index (χ1v) is 15.3. The van der Waals surface area contributed by atoms with Gasteiger partial charge in [0.05, 0.1) is 13.7 Å². The van der Waals surface area contributed by atoms with Crippen molar-refractivity contribution in [1.82, 2.24) is 0 Å². The minimum absolute atomic E-state index is 0.0537. The van der Waals surface area contributed by atoms with Crippen LogP contribution in [0.15, 0.2) is 39.5 Å². The summed E-state index contributed by atoms with van der Waals surface area (Å²) in [5.41, 5.74) is -1.26. The van der Waals surface area contributed by atoms with Crippen LogP contribution in [0, 0.1) is 0 Å². The highest BCUT2D eigenvalue weighted by atomic mass is 16.7. The van der Waals surface area contributed by atoms with Gasteiger partial charge in [0.1, 0.15) is 71.8 Å². The summed E-state index contributed by atoms with van der Waals surface area (Å²) >= 11 is 0. The lowest BCUT2D eigenvalue weighted by atomic mass is 9.96. The van der Waals surface area contributed by atoms with Gasteiger partial charge in [0.15, 0.2) is 29.7 Å². The molecule has 51 heavy (non-hydrogen) atoms. The normalized spacial score (nSPS) is 29.3. The molecule has 1 aromatic heterocycles. The van der Waals surface area contributed by atoms with Crippen LogP contribution in [0.4, 0.5) is 0 Å². The average Bonchev–Trinajstić information content (AvgIpc) is 3.07. The van der Waals surface area contributed by atoms with E-state index in [-0.39, 0.29) is 28.4 Å². The molecule has 10 atom stereocenters. The number of benzene rings is 2. The highest BCUT2D eigenvalue weighted by Gasteiger charge is 2.53. The molecule has 0 spiro atoms. The molecule has 0 bridgehead atoms. The zero-order valence-electron chi connectivity index (χ0n) is 27.1. The van der Waals surface area contributed by atoms with E-state index in [4.69, 9.17) is 37.6 Å². The molecule has 19 nitrogen and oxygen atoms in total. The summed E-state index contributed by atoms with van der Waals surface area (Å²) in [4.78, 5) is 37.0. The molecule has 2 saturated heterocycles. The van der Waals surface area contributed by atoms with Gasteiger partial charge in [-0.05, 0) is 18.2 Å². The number of hydrogen-bond donors (Lipinski definition) is 8. The van der Waals surface area contributed by atoms with Crippen LogP contribution in [0.5, 0.6) is 28.7 Å². The summed E-state index contributed by atoms with van der Waals surface area (Å²) in [7, 11) is 1.26. The minimum Gasteiger partial charge on any atom is -0.508 e. The van der Waals surface area contributed by atoms with Crippen LogP contribution in [0.1, 0.15) is 13.8 Å². The topological polar surface area (TPSA) is 291 Å². The van der Waals surface area contributed by atoms with Crippen molar-refractivity contribution in [2.75, 3.05) is 20.3 Å². The Bertz CT molecular complexity index is 1810. The first-order chi connectivity index (χ1) is 24.1. The number of fused-ring (bicyclic) bond motifs is 1. The van der Waals surface area contributed by atoms with Crippen LogP contribution in [-0.4, -0.2) is 135 Å². The average molecular weight is 725 g/mol. The Morgan fingerprint density at radius 1 is 0.824 bits per heavy atom. The lowest BCUT2D eigenvalue weighted by Gasteiger charge is -2.46. The smallest absolute Gasteiger partial charge is 0.303 e. The van der Waals surface area contributed by atoms with Crippen LogP contribution in [0.2, 0.25) is 0 Å². The molecule has 0 amide bonds. The van der Waals surface area contributed by atoms with E-state index in [0.717, 1.165) is 26.0 Å². The fourth-order valence-electron chi connectivity index (χ4n) is 5.66. The molecule has 3 aromatic rings. The Morgan fingerprint density at radius 2 is 1.53 bits per heavy atom. The third kappa shape index (κ3) is 7.65. The van der Waals surface area contributed by atoms with Crippen molar-refractivity contribution in [3.05, 3.63) is 40.6 Å². The molecule has 2 aromatic carbocycles. The van der Waals surface area contributed by atoms with E-state index in [9.17, 15) is 55.2 Å². The second-order valence-corrected chi connectivity index (χ2v) is 11.6. The molecule has 2 fully saturated rings. The van der Waals surface area contributed by atoms with E-state index >= 15 is 0 Å². The van der Waals surface area contributed by atoms with Gasteiger partial charge < -0.3 is 78.4 Å². The summed E-state index contributed by atoms with van der Waals surface area (Å²) in [5, 5.41) is 84.4. The van der Waals surface area contributed by atoms with Gasteiger partial charge in [-0.25, -0.2) is 0 Å². The van der Waals surface area contributed by atoms with Gasteiger partial charge in [0.2, 0.25) is 17.5 Å². The molecule has 8 N–H and O–H groups in total. The van der Waals surface area contributed by atoms with Crippen LogP contribution < -0.4 is 14.9 Å². The van der Waals surface area contributed by atoms with Crippen molar-refractivity contribution in [1.29, 1.82) is 0 Å². The largest absolute Gasteiger partial charge is 0.508 e. The van der Waals surface area contributed by atoms with Crippen LogP contribution >= 0.6 is 0 Å². The molecule has 278 valence electrons. The minimum atomic E-state index is -2.07. The lowest BCUT2D eigenvalue weighted by Crippen LogP contribution is -2.65. The number of aromatic hydroxyl groups is 3. The molecule has 5 rings (SSSR count). The summed E-state index contributed by atoms with van der Waals surface area (Å²) in [6, 6.07) is 5.69. The number of hydrogen-bond acceptors (Lipinski definition) is 19.